The SMILES string of the molecule is CCC(Br)C(=O)NCCNC(=O)C(Br)CC. The summed E-state index contributed by atoms with van der Waals surface area (Å²) >= 11 is 6.50. The van der Waals surface area contributed by atoms with E-state index in [2.05, 4.69) is 42.5 Å². The van der Waals surface area contributed by atoms with Crippen LogP contribution in [0.15, 0.2) is 0 Å². The third-order valence-corrected chi connectivity index (χ3v) is 4.14. The van der Waals surface area contributed by atoms with Gasteiger partial charge in [0, 0.05) is 13.1 Å². The van der Waals surface area contributed by atoms with E-state index in [4.69, 9.17) is 0 Å². The summed E-state index contributed by atoms with van der Waals surface area (Å²) in [7, 11) is 0. The predicted octanol–water partition coefficient (Wildman–Crippen LogP) is 1.57. The van der Waals surface area contributed by atoms with Crippen LogP contribution < -0.4 is 10.6 Å². The van der Waals surface area contributed by atoms with Crippen molar-refractivity contribution in [1.29, 1.82) is 0 Å². The lowest BCUT2D eigenvalue weighted by Gasteiger charge is -2.11. The zero-order valence-corrected chi connectivity index (χ0v) is 12.7. The fourth-order valence-corrected chi connectivity index (χ4v) is 1.29. The highest BCUT2D eigenvalue weighted by Crippen LogP contribution is 2.04. The molecule has 0 aliphatic carbocycles. The lowest BCUT2D eigenvalue weighted by Crippen LogP contribution is -2.39. The van der Waals surface area contributed by atoms with Crippen LogP contribution in [0.5, 0.6) is 0 Å². The van der Waals surface area contributed by atoms with Gasteiger partial charge in [-0.15, -0.1) is 0 Å². The molecule has 0 aromatic carbocycles. The Labute approximate surface area is 113 Å². The number of carbonyl (C=O) groups is 2. The van der Waals surface area contributed by atoms with E-state index in [1.165, 1.54) is 0 Å². The minimum atomic E-state index is -0.150. The van der Waals surface area contributed by atoms with E-state index in [-0.39, 0.29) is 21.5 Å². The van der Waals surface area contributed by atoms with Crippen LogP contribution >= 0.6 is 31.9 Å². The summed E-state index contributed by atoms with van der Waals surface area (Å²) in [5.41, 5.74) is 0. The van der Waals surface area contributed by atoms with Gasteiger partial charge in [0.1, 0.15) is 0 Å². The Balaban J connectivity index is 3.61. The molecule has 0 aliphatic heterocycles. The third kappa shape index (κ3) is 6.48. The van der Waals surface area contributed by atoms with E-state index < -0.39 is 0 Å². The van der Waals surface area contributed by atoms with Gasteiger partial charge in [-0.3, -0.25) is 9.59 Å². The van der Waals surface area contributed by atoms with E-state index in [9.17, 15) is 9.59 Å². The second-order valence-corrected chi connectivity index (χ2v) is 5.54. The zero-order valence-electron chi connectivity index (χ0n) is 9.56. The number of hydrogen-bond acceptors (Lipinski definition) is 2. The summed E-state index contributed by atoms with van der Waals surface area (Å²) in [4.78, 5) is 22.4. The molecule has 2 atom stereocenters. The second-order valence-electron chi connectivity index (χ2n) is 3.33. The van der Waals surface area contributed by atoms with Crippen molar-refractivity contribution in [2.24, 2.45) is 0 Å². The number of alkyl halides is 2. The molecule has 0 bridgehead atoms. The van der Waals surface area contributed by atoms with E-state index in [0.717, 1.165) is 12.8 Å². The molecule has 2 unspecified atom stereocenters. The van der Waals surface area contributed by atoms with Crippen molar-refractivity contribution in [3.05, 3.63) is 0 Å². The van der Waals surface area contributed by atoms with Crippen LogP contribution in [-0.2, 0) is 9.59 Å². The molecule has 2 amide bonds. The fourth-order valence-electron chi connectivity index (χ4n) is 0.964. The van der Waals surface area contributed by atoms with Gasteiger partial charge in [0.15, 0.2) is 0 Å². The van der Waals surface area contributed by atoms with Crippen LogP contribution in [0.25, 0.3) is 0 Å². The third-order valence-electron chi connectivity index (χ3n) is 2.01. The number of hydrogen-bond donors (Lipinski definition) is 2. The monoisotopic (exact) mass is 356 g/mol. The Morgan fingerprint density at radius 2 is 1.25 bits per heavy atom. The molecule has 6 heteroatoms. The number of amides is 2. The minimum Gasteiger partial charge on any atom is -0.353 e. The van der Waals surface area contributed by atoms with Gasteiger partial charge in [-0.25, -0.2) is 0 Å². The molecule has 4 nitrogen and oxygen atoms in total. The summed E-state index contributed by atoms with van der Waals surface area (Å²) in [6.07, 6.45) is 1.50. The quantitative estimate of drug-likeness (QED) is 0.536. The summed E-state index contributed by atoms with van der Waals surface area (Å²) < 4.78 is 0. The van der Waals surface area contributed by atoms with Gasteiger partial charge in [0.05, 0.1) is 9.65 Å². The first-order chi connectivity index (χ1) is 7.52. The van der Waals surface area contributed by atoms with E-state index in [0.29, 0.717) is 13.1 Å². The average molecular weight is 358 g/mol. The highest BCUT2D eigenvalue weighted by molar-refractivity contribution is 9.10. The highest BCUT2D eigenvalue weighted by atomic mass is 79.9. The average Bonchev–Trinajstić information content (AvgIpc) is 2.31. The van der Waals surface area contributed by atoms with Crippen molar-refractivity contribution in [2.75, 3.05) is 13.1 Å². The molecule has 0 heterocycles. The Kier molecular flexibility index (Phi) is 8.93. The van der Waals surface area contributed by atoms with Gasteiger partial charge in [0.25, 0.3) is 0 Å². The summed E-state index contributed by atoms with van der Waals surface area (Å²) in [5.74, 6) is -0.0785. The molecule has 0 saturated heterocycles. The first-order valence-electron chi connectivity index (χ1n) is 5.36. The standard InChI is InChI=1S/C10H18Br2N2O2/c1-3-7(11)9(15)13-5-6-14-10(16)8(12)4-2/h7-8H,3-6H2,1-2H3,(H,13,15)(H,14,16). The molecular weight excluding hydrogens is 340 g/mol. The highest BCUT2D eigenvalue weighted by Gasteiger charge is 2.13. The largest absolute Gasteiger partial charge is 0.353 e. The number of carbonyl (C=O) groups excluding carboxylic acids is 2. The molecule has 0 spiro atoms. The number of halogens is 2. The van der Waals surface area contributed by atoms with Crippen molar-refractivity contribution >= 4 is 43.7 Å². The van der Waals surface area contributed by atoms with Crippen molar-refractivity contribution in [1.82, 2.24) is 10.6 Å². The Morgan fingerprint density at radius 3 is 1.50 bits per heavy atom. The van der Waals surface area contributed by atoms with Gasteiger partial charge < -0.3 is 10.6 Å². The summed E-state index contributed by atoms with van der Waals surface area (Å²) in [5, 5.41) is 5.46. The maximum atomic E-state index is 11.3. The van der Waals surface area contributed by atoms with E-state index >= 15 is 0 Å². The number of rotatable bonds is 7. The van der Waals surface area contributed by atoms with Gasteiger partial charge in [0.2, 0.25) is 11.8 Å². The van der Waals surface area contributed by atoms with Gasteiger partial charge in [-0.1, -0.05) is 45.7 Å². The molecule has 0 aromatic heterocycles. The Bertz CT molecular complexity index is 213. The molecule has 94 valence electrons. The van der Waals surface area contributed by atoms with E-state index in [1.54, 1.807) is 0 Å². The number of nitrogens with one attached hydrogen (secondary N) is 2. The van der Waals surface area contributed by atoms with Gasteiger partial charge in [-0.2, -0.15) is 0 Å². The van der Waals surface area contributed by atoms with E-state index in [1.807, 2.05) is 13.8 Å². The lowest BCUT2D eigenvalue weighted by molar-refractivity contribution is -0.122. The zero-order chi connectivity index (χ0) is 12.6. The Morgan fingerprint density at radius 1 is 0.938 bits per heavy atom. The molecule has 16 heavy (non-hydrogen) atoms. The maximum absolute atomic E-state index is 11.3. The lowest BCUT2D eigenvalue weighted by atomic mass is 10.3. The van der Waals surface area contributed by atoms with Crippen molar-refractivity contribution in [3.63, 3.8) is 0 Å². The van der Waals surface area contributed by atoms with Crippen molar-refractivity contribution in [2.45, 2.75) is 36.3 Å². The summed E-state index contributed by atoms with van der Waals surface area (Å²) in [6.45, 7) is 4.77. The molecule has 2 N–H and O–H groups in total. The second kappa shape index (κ2) is 8.98. The first-order valence-corrected chi connectivity index (χ1v) is 7.19. The summed E-state index contributed by atoms with van der Waals surface area (Å²) in [6, 6.07) is 0. The maximum Gasteiger partial charge on any atom is 0.233 e. The smallest absolute Gasteiger partial charge is 0.233 e. The van der Waals surface area contributed by atoms with Crippen LogP contribution in [0.4, 0.5) is 0 Å². The molecule has 0 fully saturated rings. The van der Waals surface area contributed by atoms with Crippen molar-refractivity contribution in [3.8, 4) is 0 Å². The Hall–Kier alpha value is -0.100. The van der Waals surface area contributed by atoms with Gasteiger partial charge in [-0.05, 0) is 12.8 Å². The van der Waals surface area contributed by atoms with Crippen LogP contribution in [0.3, 0.4) is 0 Å². The molecular formula is C10H18Br2N2O2. The topological polar surface area (TPSA) is 58.2 Å². The predicted molar refractivity (Wildman–Crippen MR) is 72.0 cm³/mol. The van der Waals surface area contributed by atoms with Crippen LogP contribution in [0, 0.1) is 0 Å². The molecule has 0 aliphatic rings. The normalized spacial score (nSPS) is 14.0. The van der Waals surface area contributed by atoms with Crippen molar-refractivity contribution < 1.29 is 9.59 Å². The molecule has 0 rings (SSSR count). The minimum absolute atomic E-state index is 0.0392. The van der Waals surface area contributed by atoms with Crippen LogP contribution in [-0.4, -0.2) is 34.6 Å². The molecule has 0 aromatic rings. The van der Waals surface area contributed by atoms with Crippen LogP contribution in [0.2, 0.25) is 0 Å². The first kappa shape index (κ1) is 15.9. The van der Waals surface area contributed by atoms with Crippen LogP contribution in [0.1, 0.15) is 26.7 Å². The molecule has 0 radical (unpaired) electrons. The van der Waals surface area contributed by atoms with Gasteiger partial charge >= 0.3 is 0 Å². The molecule has 0 saturated carbocycles. The fraction of sp³-hybridized carbons (Fsp3) is 0.800.